The minimum absolute atomic E-state index is 0.00466. The van der Waals surface area contributed by atoms with Gasteiger partial charge in [0.1, 0.15) is 11.9 Å². The maximum Gasteiger partial charge on any atom is 0.322 e. The van der Waals surface area contributed by atoms with E-state index < -0.39 is 23.8 Å². The van der Waals surface area contributed by atoms with Crippen molar-refractivity contribution in [2.24, 2.45) is 0 Å². The molecule has 2 aliphatic rings. The molecule has 0 aromatic heterocycles. The van der Waals surface area contributed by atoms with Gasteiger partial charge in [0.15, 0.2) is 0 Å². The number of hydrogen-bond donors (Lipinski definition) is 2. The molecule has 192 valence electrons. The third kappa shape index (κ3) is 6.02. The highest BCUT2D eigenvalue weighted by Crippen LogP contribution is 2.28. The molecule has 0 bridgehead atoms. The number of amides is 4. The Morgan fingerprint density at radius 1 is 1.11 bits per heavy atom. The molecule has 2 saturated heterocycles. The molecule has 4 amide bonds. The lowest BCUT2D eigenvalue weighted by Gasteiger charge is -2.27. The van der Waals surface area contributed by atoms with Gasteiger partial charge in [-0.1, -0.05) is 24.6 Å². The molecule has 2 fully saturated rings. The molecule has 0 aliphatic carbocycles. The number of nitrogens with one attached hydrogen (secondary N) is 2. The second kappa shape index (κ2) is 11.5. The van der Waals surface area contributed by atoms with Crippen LogP contribution in [0, 0.1) is 12.7 Å². The number of piperidine rings is 1. The number of nitrogens with zero attached hydrogens (tertiary/aromatic N) is 2. The Morgan fingerprint density at radius 2 is 1.89 bits per heavy atom. The summed E-state index contributed by atoms with van der Waals surface area (Å²) in [6, 6.07) is 10.5. The number of rotatable bonds is 7. The van der Waals surface area contributed by atoms with Crippen LogP contribution in [0.1, 0.15) is 44.6 Å². The topological polar surface area (TPSA) is 91.0 Å². The average molecular weight is 497 g/mol. The number of carbonyl (C=O) groups excluding carboxylic acids is 3. The molecular formula is C27H33FN4O4. The van der Waals surface area contributed by atoms with E-state index in [9.17, 15) is 18.8 Å². The third-order valence-electron chi connectivity index (χ3n) is 6.53. The van der Waals surface area contributed by atoms with Crippen molar-refractivity contribution in [2.75, 3.05) is 35.2 Å². The minimum Gasteiger partial charge on any atom is -0.376 e. The average Bonchev–Trinajstić information content (AvgIpc) is 3.30. The molecule has 2 N–H and O–H groups in total. The highest BCUT2D eigenvalue weighted by Gasteiger charge is 2.40. The summed E-state index contributed by atoms with van der Waals surface area (Å²) in [5.74, 6) is -1.15. The number of likely N-dealkylation sites (tertiary alicyclic amines) is 1. The van der Waals surface area contributed by atoms with E-state index in [0.29, 0.717) is 37.4 Å². The number of urea groups is 1. The normalized spacial score (nSPS) is 19.9. The maximum absolute atomic E-state index is 14.9. The molecule has 4 rings (SSSR count). The zero-order valence-corrected chi connectivity index (χ0v) is 20.8. The van der Waals surface area contributed by atoms with Crippen molar-refractivity contribution in [2.45, 2.75) is 58.1 Å². The minimum atomic E-state index is -0.819. The third-order valence-corrected chi connectivity index (χ3v) is 6.53. The first-order valence-corrected chi connectivity index (χ1v) is 12.5. The van der Waals surface area contributed by atoms with Gasteiger partial charge in [-0.2, -0.15) is 0 Å². The molecular weight excluding hydrogens is 463 g/mol. The van der Waals surface area contributed by atoms with Crippen LogP contribution in [0.15, 0.2) is 42.5 Å². The zero-order valence-electron chi connectivity index (χ0n) is 20.8. The summed E-state index contributed by atoms with van der Waals surface area (Å²) in [4.78, 5) is 41.5. The second-order valence-electron chi connectivity index (χ2n) is 9.35. The molecule has 2 aliphatic heterocycles. The Kier molecular flexibility index (Phi) is 8.20. The van der Waals surface area contributed by atoms with Crippen LogP contribution in [0.2, 0.25) is 0 Å². The van der Waals surface area contributed by atoms with Crippen molar-refractivity contribution < 1.29 is 23.5 Å². The fraction of sp³-hybridized carbons (Fsp3) is 0.444. The zero-order chi connectivity index (χ0) is 25.7. The Bertz CT molecular complexity index is 1110. The number of aryl methyl sites for hydroxylation is 1. The van der Waals surface area contributed by atoms with Crippen LogP contribution in [0.4, 0.5) is 26.2 Å². The highest BCUT2D eigenvalue weighted by atomic mass is 19.1. The summed E-state index contributed by atoms with van der Waals surface area (Å²) in [6.07, 6.45) is 3.00. The van der Waals surface area contributed by atoms with E-state index in [-0.39, 0.29) is 24.2 Å². The number of carbonyl (C=O) groups is 3. The van der Waals surface area contributed by atoms with E-state index in [4.69, 9.17) is 4.74 Å². The Balaban J connectivity index is 1.47. The largest absolute Gasteiger partial charge is 0.376 e. The summed E-state index contributed by atoms with van der Waals surface area (Å²) < 4.78 is 20.8. The number of hydrogen-bond acceptors (Lipinski definition) is 4. The summed E-state index contributed by atoms with van der Waals surface area (Å²) in [7, 11) is 0. The van der Waals surface area contributed by atoms with Crippen LogP contribution < -0.4 is 15.5 Å². The van der Waals surface area contributed by atoms with Crippen LogP contribution in [-0.2, 0) is 14.3 Å². The number of halogens is 1. The van der Waals surface area contributed by atoms with E-state index in [1.54, 1.807) is 23.1 Å². The Labute approximate surface area is 210 Å². The van der Waals surface area contributed by atoms with E-state index in [0.717, 1.165) is 24.8 Å². The van der Waals surface area contributed by atoms with E-state index in [1.807, 2.05) is 26.0 Å². The Hall–Kier alpha value is -3.46. The molecule has 2 aromatic carbocycles. The van der Waals surface area contributed by atoms with Crippen molar-refractivity contribution in [1.82, 2.24) is 4.90 Å². The van der Waals surface area contributed by atoms with Gasteiger partial charge in [-0.3, -0.25) is 9.59 Å². The van der Waals surface area contributed by atoms with Crippen molar-refractivity contribution >= 4 is 34.9 Å². The first-order valence-electron chi connectivity index (χ1n) is 12.5. The fourth-order valence-corrected chi connectivity index (χ4v) is 4.58. The van der Waals surface area contributed by atoms with Gasteiger partial charge in [0.2, 0.25) is 11.8 Å². The maximum atomic E-state index is 14.9. The van der Waals surface area contributed by atoms with Gasteiger partial charge >= 0.3 is 6.03 Å². The van der Waals surface area contributed by atoms with Gasteiger partial charge in [0.25, 0.3) is 0 Å². The quantitative estimate of drug-likeness (QED) is 0.582. The summed E-state index contributed by atoms with van der Waals surface area (Å²) in [6.45, 7) is 5.28. The number of anilines is 3. The van der Waals surface area contributed by atoms with Crippen LogP contribution in [0.5, 0.6) is 0 Å². The van der Waals surface area contributed by atoms with Gasteiger partial charge in [-0.25, -0.2) is 9.18 Å². The molecule has 0 saturated carbocycles. The molecule has 8 nitrogen and oxygen atoms in total. The summed E-state index contributed by atoms with van der Waals surface area (Å²) in [5.41, 5.74) is 2.17. The lowest BCUT2D eigenvalue weighted by molar-refractivity contribution is -0.120. The lowest BCUT2D eigenvalue weighted by Crippen LogP contribution is -2.45. The highest BCUT2D eigenvalue weighted by molar-refractivity contribution is 6.00. The second-order valence-corrected chi connectivity index (χ2v) is 9.35. The predicted molar refractivity (Wildman–Crippen MR) is 137 cm³/mol. The van der Waals surface area contributed by atoms with Crippen LogP contribution in [-0.4, -0.2) is 54.6 Å². The molecule has 2 heterocycles. The van der Waals surface area contributed by atoms with Crippen molar-refractivity contribution in [1.29, 1.82) is 0 Å². The number of benzene rings is 2. The molecule has 0 radical (unpaired) electrons. The first kappa shape index (κ1) is 25.6. The molecule has 2 aromatic rings. The molecule has 0 spiro atoms. The number of ether oxygens (including phenoxy) is 1. The van der Waals surface area contributed by atoms with Gasteiger partial charge < -0.3 is 25.2 Å². The standard InChI is InChI=1S/C27H33FN4O4/c1-3-14-36-21-16-24(32(17-21)27(35)29-19-9-7-18(2)8-10-19)26(34)30-23-12-11-20(15-22(23)28)31-13-5-4-6-25(31)33/h7-12,15,21,24H,3-6,13-14,16-17H2,1-2H3,(H,29,35)(H,30,34)/t21-,24-/m1/s1. The SMILES string of the molecule is CCCO[C@@H]1C[C@H](C(=O)Nc2ccc(N3CCCCC3=O)cc2F)N(C(=O)Nc2ccc(C)cc2)C1. The Morgan fingerprint density at radius 3 is 2.58 bits per heavy atom. The van der Waals surface area contributed by atoms with Gasteiger partial charge in [-0.05, 0) is 56.5 Å². The van der Waals surface area contributed by atoms with Crippen molar-refractivity contribution in [3.05, 3.63) is 53.8 Å². The predicted octanol–water partition coefficient (Wildman–Crippen LogP) is 4.69. The van der Waals surface area contributed by atoms with E-state index in [1.165, 1.54) is 17.0 Å². The smallest absolute Gasteiger partial charge is 0.322 e. The molecule has 0 unspecified atom stereocenters. The van der Waals surface area contributed by atoms with Crippen molar-refractivity contribution in [3.63, 3.8) is 0 Å². The van der Waals surface area contributed by atoms with Crippen LogP contribution >= 0.6 is 0 Å². The van der Waals surface area contributed by atoms with Gasteiger partial charge in [-0.15, -0.1) is 0 Å². The molecule has 2 atom stereocenters. The van der Waals surface area contributed by atoms with Crippen molar-refractivity contribution in [3.8, 4) is 0 Å². The van der Waals surface area contributed by atoms with Gasteiger partial charge in [0.05, 0.1) is 11.8 Å². The van der Waals surface area contributed by atoms with E-state index >= 15 is 0 Å². The monoisotopic (exact) mass is 496 g/mol. The van der Waals surface area contributed by atoms with E-state index in [2.05, 4.69) is 10.6 Å². The molecule has 36 heavy (non-hydrogen) atoms. The summed E-state index contributed by atoms with van der Waals surface area (Å²) >= 11 is 0. The first-order chi connectivity index (χ1) is 17.4. The lowest BCUT2D eigenvalue weighted by atomic mass is 10.1. The fourth-order valence-electron chi connectivity index (χ4n) is 4.58. The van der Waals surface area contributed by atoms with Gasteiger partial charge in [0, 0.05) is 43.9 Å². The van der Waals surface area contributed by atoms with Crippen LogP contribution in [0.3, 0.4) is 0 Å². The van der Waals surface area contributed by atoms with Crippen LogP contribution in [0.25, 0.3) is 0 Å². The molecule has 9 heteroatoms. The summed E-state index contributed by atoms with van der Waals surface area (Å²) in [5, 5.41) is 5.47.